The molecule has 246 valence electrons. The number of hydrogen-bond donors (Lipinski definition) is 2. The molecule has 0 aliphatic carbocycles. The molecule has 8 aromatic carbocycles. The van der Waals surface area contributed by atoms with Crippen molar-refractivity contribution < 1.29 is 4.42 Å². The third-order valence-electron chi connectivity index (χ3n) is 10.9. The van der Waals surface area contributed by atoms with Crippen molar-refractivity contribution >= 4 is 71.0 Å². The highest BCUT2D eigenvalue weighted by Gasteiger charge is 2.27. The van der Waals surface area contributed by atoms with Gasteiger partial charge >= 0.3 is 0 Å². The van der Waals surface area contributed by atoms with Crippen molar-refractivity contribution in [2.75, 3.05) is 0 Å². The van der Waals surface area contributed by atoms with Gasteiger partial charge in [0.2, 0.25) is 0 Å². The van der Waals surface area contributed by atoms with E-state index in [1.807, 2.05) is 12.1 Å². The third-order valence-corrected chi connectivity index (χ3v) is 10.9. The fourth-order valence-electron chi connectivity index (χ4n) is 8.45. The molecule has 4 heteroatoms. The number of benzene rings is 8. The minimum absolute atomic E-state index is 0.000610. The lowest BCUT2D eigenvalue weighted by Gasteiger charge is -2.33. The summed E-state index contributed by atoms with van der Waals surface area (Å²) in [5.41, 5.74) is 9.86. The number of fused-ring (bicyclic) bond motifs is 10. The summed E-state index contributed by atoms with van der Waals surface area (Å²) < 4.78 is 8.92. The van der Waals surface area contributed by atoms with E-state index in [-0.39, 0.29) is 12.2 Å². The van der Waals surface area contributed by atoms with Gasteiger partial charge in [-0.3, -0.25) is 5.32 Å². The van der Waals surface area contributed by atoms with Crippen LogP contribution in [0.4, 0.5) is 0 Å². The lowest BCUT2D eigenvalue weighted by molar-refractivity contribution is 0.441. The van der Waals surface area contributed by atoms with Gasteiger partial charge in [-0.1, -0.05) is 140 Å². The van der Waals surface area contributed by atoms with E-state index < -0.39 is 0 Å². The maximum absolute atomic E-state index is 6.50. The van der Waals surface area contributed by atoms with Gasteiger partial charge < -0.3 is 14.3 Å². The Hall–Kier alpha value is -6.62. The van der Waals surface area contributed by atoms with E-state index in [1.165, 1.54) is 48.9 Å². The molecule has 0 fully saturated rings. The second-order valence-corrected chi connectivity index (χ2v) is 13.8. The molecule has 0 saturated carbocycles. The molecule has 11 rings (SSSR count). The molecule has 0 bridgehead atoms. The Morgan fingerprint density at radius 3 is 1.83 bits per heavy atom. The number of rotatable bonds is 4. The first-order valence-corrected chi connectivity index (χ1v) is 17.9. The number of nitrogens with zero attached hydrogens (tertiary/aromatic N) is 1. The van der Waals surface area contributed by atoms with E-state index in [9.17, 15) is 0 Å². The van der Waals surface area contributed by atoms with Crippen LogP contribution in [0.15, 0.2) is 180 Å². The van der Waals surface area contributed by atoms with Crippen molar-refractivity contribution in [2.24, 2.45) is 0 Å². The van der Waals surface area contributed by atoms with E-state index in [2.05, 4.69) is 179 Å². The Balaban J connectivity index is 1.05. The molecule has 0 amide bonds. The second-order valence-electron chi connectivity index (χ2n) is 13.8. The van der Waals surface area contributed by atoms with Gasteiger partial charge in [0.1, 0.15) is 17.3 Å². The van der Waals surface area contributed by atoms with E-state index >= 15 is 0 Å². The standard InChI is InChI=1S/C48H33N3O/c1-2-13-32(14-3-1)40-29-41(50-48(49-40)39-19-10-18-38-37-17-8-9-20-44(37)52-47(38)39)33-21-25-34(26-22-33)51-42-27-23-30-11-4-6-15-35(30)45(42)46-36-16-7-5-12-31(36)24-28-43(46)51/h1-29,40,48-50H. The van der Waals surface area contributed by atoms with Crippen LogP contribution in [0.1, 0.15) is 28.9 Å². The monoisotopic (exact) mass is 667 g/mol. The zero-order valence-electron chi connectivity index (χ0n) is 28.3. The first-order chi connectivity index (χ1) is 25.8. The smallest absolute Gasteiger partial charge is 0.142 e. The van der Waals surface area contributed by atoms with Crippen LogP contribution in [0, 0.1) is 0 Å². The van der Waals surface area contributed by atoms with Gasteiger partial charge in [-0.05, 0) is 69.1 Å². The van der Waals surface area contributed by atoms with Crippen molar-refractivity contribution in [1.82, 2.24) is 15.2 Å². The van der Waals surface area contributed by atoms with Gasteiger partial charge in [-0.2, -0.15) is 0 Å². The Bertz CT molecular complexity index is 2930. The zero-order valence-corrected chi connectivity index (χ0v) is 28.3. The van der Waals surface area contributed by atoms with E-state index in [4.69, 9.17) is 4.42 Å². The van der Waals surface area contributed by atoms with Gasteiger partial charge in [0.15, 0.2) is 0 Å². The third kappa shape index (κ3) is 4.45. The first kappa shape index (κ1) is 29.1. The quantitative estimate of drug-likeness (QED) is 0.196. The molecule has 0 saturated heterocycles. The van der Waals surface area contributed by atoms with Gasteiger partial charge in [-0.25, -0.2) is 0 Å². The highest BCUT2D eigenvalue weighted by atomic mass is 16.3. The Morgan fingerprint density at radius 1 is 0.500 bits per heavy atom. The molecular formula is C48H33N3O. The lowest BCUT2D eigenvalue weighted by atomic mass is 9.97. The predicted octanol–water partition coefficient (Wildman–Crippen LogP) is 12.0. The van der Waals surface area contributed by atoms with Crippen LogP contribution in [0.25, 0.3) is 76.7 Å². The SMILES string of the molecule is C1=C(c2ccc(-n3c4ccc5ccccc5c4c4c5ccccc5ccc43)cc2)NC(c2cccc3c2oc2ccccc23)NC1c1ccccc1. The number of furan rings is 1. The number of nitrogens with one attached hydrogen (secondary N) is 2. The minimum atomic E-state index is -0.173. The van der Waals surface area contributed by atoms with Gasteiger partial charge in [0.25, 0.3) is 0 Å². The molecule has 2 unspecified atom stereocenters. The topological polar surface area (TPSA) is 42.1 Å². The van der Waals surface area contributed by atoms with Crippen molar-refractivity contribution in [3.8, 4) is 5.69 Å². The van der Waals surface area contributed by atoms with Crippen LogP contribution in [0.5, 0.6) is 0 Å². The summed E-state index contributed by atoms with van der Waals surface area (Å²) in [6.07, 6.45) is 2.13. The normalized spacial score (nSPS) is 16.3. The Morgan fingerprint density at radius 2 is 1.12 bits per heavy atom. The summed E-state index contributed by atoms with van der Waals surface area (Å²) in [7, 11) is 0. The van der Waals surface area contributed by atoms with Crippen LogP contribution >= 0.6 is 0 Å². The minimum Gasteiger partial charge on any atom is -0.456 e. The van der Waals surface area contributed by atoms with Gasteiger partial charge in [0.05, 0.1) is 17.1 Å². The van der Waals surface area contributed by atoms with Gasteiger partial charge in [0, 0.05) is 38.5 Å². The van der Waals surface area contributed by atoms with Crippen LogP contribution < -0.4 is 10.6 Å². The number of hydrogen-bond acceptors (Lipinski definition) is 3. The molecule has 1 aliphatic rings. The molecule has 0 radical (unpaired) electrons. The highest BCUT2D eigenvalue weighted by Crippen LogP contribution is 2.41. The molecule has 2 N–H and O–H groups in total. The van der Waals surface area contributed by atoms with Crippen LogP contribution in [-0.4, -0.2) is 4.57 Å². The van der Waals surface area contributed by atoms with Crippen molar-refractivity contribution in [2.45, 2.75) is 12.2 Å². The first-order valence-electron chi connectivity index (χ1n) is 17.9. The average molecular weight is 668 g/mol. The zero-order chi connectivity index (χ0) is 34.2. The van der Waals surface area contributed by atoms with Gasteiger partial charge in [-0.15, -0.1) is 0 Å². The molecule has 4 nitrogen and oxygen atoms in total. The molecule has 3 heterocycles. The maximum atomic E-state index is 6.50. The molecule has 2 aromatic heterocycles. The number of para-hydroxylation sites is 2. The summed E-state index contributed by atoms with van der Waals surface area (Å²) in [5, 5.41) is 17.6. The summed E-state index contributed by atoms with van der Waals surface area (Å²) in [6.45, 7) is 0. The van der Waals surface area contributed by atoms with Crippen LogP contribution in [0.2, 0.25) is 0 Å². The van der Waals surface area contributed by atoms with Crippen molar-refractivity contribution in [3.05, 3.63) is 193 Å². The summed E-state index contributed by atoms with van der Waals surface area (Å²) in [4.78, 5) is 0. The van der Waals surface area contributed by atoms with Crippen LogP contribution in [0.3, 0.4) is 0 Å². The van der Waals surface area contributed by atoms with E-state index in [1.54, 1.807) is 0 Å². The Labute approximate surface area is 300 Å². The summed E-state index contributed by atoms with van der Waals surface area (Å²) in [6, 6.07) is 60.9. The maximum Gasteiger partial charge on any atom is 0.142 e. The molecule has 2 atom stereocenters. The molecule has 1 aliphatic heterocycles. The summed E-state index contributed by atoms with van der Waals surface area (Å²) >= 11 is 0. The fraction of sp³-hybridized carbons (Fsp3) is 0.0417. The molecule has 0 spiro atoms. The molecule has 52 heavy (non-hydrogen) atoms. The lowest BCUT2D eigenvalue weighted by Crippen LogP contribution is -2.39. The average Bonchev–Trinajstić information content (AvgIpc) is 3.78. The highest BCUT2D eigenvalue weighted by molar-refractivity contribution is 6.28. The summed E-state index contributed by atoms with van der Waals surface area (Å²) in [5.74, 6) is 0. The number of aromatic nitrogens is 1. The fourth-order valence-corrected chi connectivity index (χ4v) is 8.45. The van der Waals surface area contributed by atoms with E-state index in [0.717, 1.165) is 44.4 Å². The molecular weight excluding hydrogens is 635 g/mol. The van der Waals surface area contributed by atoms with E-state index in [0.29, 0.717) is 0 Å². The molecule has 10 aromatic rings. The van der Waals surface area contributed by atoms with Crippen molar-refractivity contribution in [3.63, 3.8) is 0 Å². The van der Waals surface area contributed by atoms with Crippen molar-refractivity contribution in [1.29, 1.82) is 0 Å². The predicted molar refractivity (Wildman–Crippen MR) is 216 cm³/mol. The second kappa shape index (κ2) is 11.5. The largest absolute Gasteiger partial charge is 0.456 e. The Kier molecular flexibility index (Phi) is 6.42. The van der Waals surface area contributed by atoms with Crippen LogP contribution in [-0.2, 0) is 0 Å².